The van der Waals surface area contributed by atoms with Crippen LogP contribution in [0.4, 0.5) is 5.69 Å². The van der Waals surface area contributed by atoms with Gasteiger partial charge in [0.2, 0.25) is 0 Å². The maximum Gasteiger partial charge on any atom is 0.339 e. The number of nitrogens with one attached hydrogen (secondary N) is 1. The van der Waals surface area contributed by atoms with Crippen LogP contribution in [0.2, 0.25) is 0 Å². The Morgan fingerprint density at radius 3 is 2.59 bits per heavy atom. The van der Waals surface area contributed by atoms with Crippen molar-refractivity contribution < 1.29 is 13.9 Å². The molecule has 152 valence electrons. The van der Waals surface area contributed by atoms with Crippen molar-refractivity contribution in [2.24, 2.45) is 5.92 Å². The second kappa shape index (κ2) is 9.27. The molecule has 0 bridgehead atoms. The minimum absolute atomic E-state index is 0.142. The summed E-state index contributed by atoms with van der Waals surface area (Å²) in [4.78, 5) is 24.5. The van der Waals surface area contributed by atoms with Crippen LogP contribution >= 0.6 is 15.9 Å². The monoisotopic (exact) mass is 457 g/mol. The summed E-state index contributed by atoms with van der Waals surface area (Å²) in [7, 11) is 0. The molecule has 0 saturated carbocycles. The SMILES string of the molecule is Cc1c(CCC(C)C)c(=O)oc2cc(OCC(=O)Nc3ccc(Br)cc3)ccc12. The molecule has 0 atom stereocenters. The van der Waals surface area contributed by atoms with Gasteiger partial charge in [-0.3, -0.25) is 4.79 Å². The van der Waals surface area contributed by atoms with E-state index in [1.807, 2.05) is 25.1 Å². The van der Waals surface area contributed by atoms with Crippen LogP contribution in [0.1, 0.15) is 31.4 Å². The van der Waals surface area contributed by atoms with Gasteiger partial charge in [-0.15, -0.1) is 0 Å². The van der Waals surface area contributed by atoms with E-state index < -0.39 is 0 Å². The van der Waals surface area contributed by atoms with E-state index in [1.165, 1.54) is 0 Å². The summed E-state index contributed by atoms with van der Waals surface area (Å²) in [5.74, 6) is 0.721. The first-order valence-corrected chi connectivity index (χ1v) is 10.4. The van der Waals surface area contributed by atoms with E-state index in [0.717, 1.165) is 27.4 Å². The van der Waals surface area contributed by atoms with Gasteiger partial charge in [0.15, 0.2) is 6.61 Å². The van der Waals surface area contributed by atoms with Gasteiger partial charge in [-0.05, 0) is 67.6 Å². The smallest absolute Gasteiger partial charge is 0.339 e. The predicted octanol–water partition coefficient (Wildman–Crippen LogP) is 5.47. The zero-order valence-corrected chi connectivity index (χ0v) is 18.3. The molecule has 0 fully saturated rings. The third-order valence-corrected chi connectivity index (χ3v) is 5.26. The van der Waals surface area contributed by atoms with Crippen molar-refractivity contribution in [3.63, 3.8) is 0 Å². The fraction of sp³-hybridized carbons (Fsp3) is 0.304. The van der Waals surface area contributed by atoms with Gasteiger partial charge in [0, 0.05) is 27.2 Å². The van der Waals surface area contributed by atoms with Crippen LogP contribution in [0.5, 0.6) is 5.75 Å². The summed E-state index contributed by atoms with van der Waals surface area (Å²) >= 11 is 3.35. The Hall–Kier alpha value is -2.60. The maximum atomic E-state index is 12.4. The van der Waals surface area contributed by atoms with Crippen LogP contribution in [-0.2, 0) is 11.2 Å². The third-order valence-electron chi connectivity index (χ3n) is 4.73. The molecule has 1 aromatic heterocycles. The van der Waals surface area contributed by atoms with Gasteiger partial charge >= 0.3 is 5.63 Å². The van der Waals surface area contributed by atoms with Gasteiger partial charge in [0.1, 0.15) is 11.3 Å². The van der Waals surface area contributed by atoms with E-state index in [1.54, 1.807) is 24.3 Å². The largest absolute Gasteiger partial charge is 0.484 e. The number of hydrogen-bond donors (Lipinski definition) is 1. The number of rotatable bonds is 7. The summed E-state index contributed by atoms with van der Waals surface area (Å²) in [5.41, 5.74) is 2.52. The van der Waals surface area contributed by atoms with Crippen molar-refractivity contribution in [1.82, 2.24) is 0 Å². The number of anilines is 1. The van der Waals surface area contributed by atoms with Gasteiger partial charge in [-0.1, -0.05) is 29.8 Å². The molecule has 0 spiro atoms. The van der Waals surface area contributed by atoms with Gasteiger partial charge in [-0.25, -0.2) is 4.79 Å². The lowest BCUT2D eigenvalue weighted by molar-refractivity contribution is -0.118. The normalized spacial score (nSPS) is 11.1. The minimum atomic E-state index is -0.305. The van der Waals surface area contributed by atoms with E-state index in [2.05, 4.69) is 35.1 Å². The van der Waals surface area contributed by atoms with Gasteiger partial charge in [-0.2, -0.15) is 0 Å². The number of hydrogen-bond acceptors (Lipinski definition) is 4. The van der Waals surface area contributed by atoms with E-state index in [-0.39, 0.29) is 18.1 Å². The first-order chi connectivity index (χ1) is 13.8. The van der Waals surface area contributed by atoms with Crippen molar-refractivity contribution in [2.45, 2.75) is 33.6 Å². The van der Waals surface area contributed by atoms with Crippen molar-refractivity contribution in [3.8, 4) is 5.75 Å². The molecule has 0 aliphatic carbocycles. The predicted molar refractivity (Wildman–Crippen MR) is 119 cm³/mol. The highest BCUT2D eigenvalue weighted by Gasteiger charge is 2.13. The Balaban J connectivity index is 1.70. The van der Waals surface area contributed by atoms with Crippen molar-refractivity contribution in [3.05, 3.63) is 68.5 Å². The van der Waals surface area contributed by atoms with Crippen LogP contribution in [0.25, 0.3) is 11.0 Å². The summed E-state index contributed by atoms with van der Waals surface area (Å²) < 4.78 is 12.0. The highest BCUT2D eigenvalue weighted by Crippen LogP contribution is 2.25. The molecule has 29 heavy (non-hydrogen) atoms. The molecule has 0 aliphatic rings. The van der Waals surface area contributed by atoms with E-state index in [4.69, 9.17) is 9.15 Å². The van der Waals surface area contributed by atoms with E-state index in [0.29, 0.717) is 29.4 Å². The lowest BCUT2D eigenvalue weighted by atomic mass is 9.98. The Morgan fingerprint density at radius 1 is 1.17 bits per heavy atom. The molecule has 1 amide bonds. The molecule has 0 aliphatic heterocycles. The molecule has 3 rings (SSSR count). The van der Waals surface area contributed by atoms with E-state index >= 15 is 0 Å². The van der Waals surface area contributed by atoms with Crippen LogP contribution in [0, 0.1) is 12.8 Å². The first-order valence-electron chi connectivity index (χ1n) is 9.58. The number of fused-ring (bicyclic) bond motifs is 1. The fourth-order valence-corrected chi connectivity index (χ4v) is 3.33. The second-order valence-corrected chi connectivity index (χ2v) is 8.34. The number of benzene rings is 2. The van der Waals surface area contributed by atoms with Crippen LogP contribution < -0.4 is 15.7 Å². The van der Waals surface area contributed by atoms with Crippen LogP contribution in [0.15, 0.2) is 56.1 Å². The Morgan fingerprint density at radius 2 is 1.90 bits per heavy atom. The molecule has 0 saturated heterocycles. The molecule has 3 aromatic rings. The Bertz CT molecular complexity index is 1070. The highest BCUT2D eigenvalue weighted by molar-refractivity contribution is 9.10. The van der Waals surface area contributed by atoms with Crippen molar-refractivity contribution >= 4 is 38.5 Å². The molecule has 1 N–H and O–H groups in total. The third kappa shape index (κ3) is 5.48. The van der Waals surface area contributed by atoms with Crippen molar-refractivity contribution in [2.75, 3.05) is 11.9 Å². The van der Waals surface area contributed by atoms with Crippen LogP contribution in [0.3, 0.4) is 0 Å². The lowest BCUT2D eigenvalue weighted by Gasteiger charge is -2.11. The zero-order chi connectivity index (χ0) is 21.0. The minimum Gasteiger partial charge on any atom is -0.484 e. The van der Waals surface area contributed by atoms with Gasteiger partial charge in [0.05, 0.1) is 0 Å². The second-order valence-electron chi connectivity index (χ2n) is 7.43. The zero-order valence-electron chi connectivity index (χ0n) is 16.8. The van der Waals surface area contributed by atoms with Crippen LogP contribution in [-0.4, -0.2) is 12.5 Å². The standard InChI is InChI=1S/C23H24BrNO4/c1-14(2)4-10-20-15(3)19-11-9-18(12-21(19)29-23(20)27)28-13-22(26)25-17-7-5-16(24)6-8-17/h5-9,11-12,14H,4,10,13H2,1-3H3,(H,25,26). The molecular formula is C23H24BrNO4. The van der Waals surface area contributed by atoms with Crippen molar-refractivity contribution in [1.29, 1.82) is 0 Å². The molecule has 0 radical (unpaired) electrons. The number of carbonyl (C=O) groups excluding carboxylic acids is 1. The highest BCUT2D eigenvalue weighted by atomic mass is 79.9. The lowest BCUT2D eigenvalue weighted by Crippen LogP contribution is -2.20. The maximum absolute atomic E-state index is 12.4. The molecule has 1 heterocycles. The number of halogens is 1. The number of amides is 1. The summed E-state index contributed by atoms with van der Waals surface area (Å²) in [5, 5.41) is 3.65. The quantitative estimate of drug-likeness (QED) is 0.477. The average Bonchev–Trinajstić information content (AvgIpc) is 2.67. The Labute approximate surface area is 178 Å². The molecule has 6 heteroatoms. The first kappa shape index (κ1) is 21.1. The number of ether oxygens (including phenoxy) is 1. The summed E-state index contributed by atoms with van der Waals surface area (Å²) in [6, 6.07) is 12.6. The molecule has 5 nitrogen and oxygen atoms in total. The average molecular weight is 458 g/mol. The summed E-state index contributed by atoms with van der Waals surface area (Å²) in [6.07, 6.45) is 1.64. The fourth-order valence-electron chi connectivity index (χ4n) is 3.07. The number of carbonyl (C=O) groups is 1. The molecular weight excluding hydrogens is 434 g/mol. The van der Waals surface area contributed by atoms with Gasteiger partial charge < -0.3 is 14.5 Å². The summed E-state index contributed by atoms with van der Waals surface area (Å²) in [6.45, 7) is 6.07. The number of aryl methyl sites for hydroxylation is 1. The van der Waals surface area contributed by atoms with Gasteiger partial charge in [0.25, 0.3) is 5.91 Å². The molecule has 0 unspecified atom stereocenters. The topological polar surface area (TPSA) is 68.5 Å². The van der Waals surface area contributed by atoms with E-state index in [9.17, 15) is 9.59 Å². The Kier molecular flexibility index (Phi) is 6.75. The molecule has 2 aromatic carbocycles.